The first kappa shape index (κ1) is 16.6. The van der Waals surface area contributed by atoms with E-state index in [2.05, 4.69) is 9.88 Å². The molecule has 6 nitrogen and oxygen atoms in total. The lowest BCUT2D eigenvalue weighted by atomic mass is 9.91. The van der Waals surface area contributed by atoms with Crippen molar-refractivity contribution in [3.63, 3.8) is 0 Å². The highest BCUT2D eigenvalue weighted by Crippen LogP contribution is 2.20. The quantitative estimate of drug-likeness (QED) is 0.799. The Bertz CT molecular complexity index is 771. The second-order valence-corrected chi connectivity index (χ2v) is 6.65. The minimum absolute atomic E-state index is 0.213. The maximum absolute atomic E-state index is 12.6. The van der Waals surface area contributed by atoms with E-state index < -0.39 is 10.0 Å². The molecular formula is C14H19BN2O4S. The fourth-order valence-electron chi connectivity index (χ4n) is 2.01. The van der Waals surface area contributed by atoms with Crippen LogP contribution in [0.15, 0.2) is 27.6 Å². The van der Waals surface area contributed by atoms with Gasteiger partial charge in [0, 0.05) is 12.2 Å². The molecule has 8 heteroatoms. The van der Waals surface area contributed by atoms with Crippen molar-refractivity contribution in [2.24, 2.45) is 0 Å². The monoisotopic (exact) mass is 322 g/mol. The van der Waals surface area contributed by atoms with Crippen molar-refractivity contribution in [2.75, 3.05) is 11.3 Å². The molecule has 0 aliphatic rings. The van der Waals surface area contributed by atoms with Crippen LogP contribution >= 0.6 is 0 Å². The van der Waals surface area contributed by atoms with Gasteiger partial charge in [0.05, 0.1) is 11.5 Å². The average molecular weight is 322 g/mol. The number of benzene rings is 1. The number of hydrogen-bond acceptors (Lipinski definition) is 5. The van der Waals surface area contributed by atoms with Crippen molar-refractivity contribution in [2.45, 2.75) is 32.3 Å². The maximum Gasteiger partial charge on any atom is 0.262 e. The Morgan fingerprint density at radius 1 is 1.36 bits per heavy atom. The second-order valence-electron chi connectivity index (χ2n) is 5.00. The summed E-state index contributed by atoms with van der Waals surface area (Å²) in [4.78, 5) is 0.213. The first-order valence-electron chi connectivity index (χ1n) is 6.98. The van der Waals surface area contributed by atoms with E-state index >= 15 is 0 Å². The van der Waals surface area contributed by atoms with E-state index in [1.54, 1.807) is 33.8 Å². The number of rotatable bonds is 6. The molecule has 0 fully saturated rings. The van der Waals surface area contributed by atoms with Gasteiger partial charge in [0.1, 0.15) is 13.6 Å². The normalized spacial score (nSPS) is 11.6. The average Bonchev–Trinajstić information content (AvgIpc) is 2.77. The lowest BCUT2D eigenvalue weighted by Gasteiger charge is -2.12. The van der Waals surface area contributed by atoms with Crippen LogP contribution in [0, 0.1) is 13.8 Å². The van der Waals surface area contributed by atoms with Crippen LogP contribution in [-0.4, -0.2) is 28.0 Å². The van der Waals surface area contributed by atoms with E-state index in [1.165, 1.54) is 0 Å². The van der Waals surface area contributed by atoms with E-state index in [1.807, 2.05) is 13.0 Å². The van der Waals surface area contributed by atoms with Crippen molar-refractivity contribution >= 4 is 29.2 Å². The number of sulfonamides is 1. The standard InChI is InChI=1S/C14H19BN2O4S/c1-4-20-8-11-6-5-7-12(13(11)15)22(18,19)17-14-9(2)10(3)21-16-14/h5-7H,4,8,15H2,1-3H3,(H,16,17). The molecule has 0 amide bonds. The van der Waals surface area contributed by atoms with Crippen molar-refractivity contribution in [3.05, 3.63) is 35.1 Å². The highest BCUT2D eigenvalue weighted by molar-refractivity contribution is 7.93. The van der Waals surface area contributed by atoms with Gasteiger partial charge in [-0.15, -0.1) is 0 Å². The summed E-state index contributed by atoms with van der Waals surface area (Å²) in [5.74, 6) is 0.798. The Morgan fingerprint density at radius 2 is 2.09 bits per heavy atom. The third-order valence-electron chi connectivity index (χ3n) is 3.54. The van der Waals surface area contributed by atoms with Gasteiger partial charge in [-0.05, 0) is 32.4 Å². The molecule has 0 aliphatic carbocycles. The number of nitrogens with zero attached hydrogens (tertiary/aromatic N) is 1. The summed E-state index contributed by atoms with van der Waals surface area (Å²) in [5, 5.41) is 3.74. The molecule has 118 valence electrons. The number of aromatic nitrogens is 1. The molecule has 0 saturated carbocycles. The number of nitrogens with one attached hydrogen (secondary N) is 1. The van der Waals surface area contributed by atoms with Crippen molar-refractivity contribution in [1.29, 1.82) is 0 Å². The molecule has 0 spiro atoms. The number of aryl methyl sites for hydroxylation is 1. The second kappa shape index (κ2) is 6.54. The fourth-order valence-corrected chi connectivity index (χ4v) is 3.36. The highest BCUT2D eigenvalue weighted by Gasteiger charge is 2.21. The van der Waals surface area contributed by atoms with Crippen molar-refractivity contribution < 1.29 is 17.7 Å². The Balaban J connectivity index is 2.35. The van der Waals surface area contributed by atoms with Crippen LogP contribution in [0.4, 0.5) is 5.82 Å². The van der Waals surface area contributed by atoms with E-state index in [4.69, 9.17) is 9.26 Å². The van der Waals surface area contributed by atoms with Crippen molar-refractivity contribution in [1.82, 2.24) is 5.16 Å². The Hall–Kier alpha value is -1.80. The summed E-state index contributed by atoms with van der Waals surface area (Å²) in [6, 6.07) is 5.13. The van der Waals surface area contributed by atoms with Gasteiger partial charge in [-0.2, -0.15) is 0 Å². The number of anilines is 1. The summed E-state index contributed by atoms with van der Waals surface area (Å²) in [6.45, 7) is 6.34. The van der Waals surface area contributed by atoms with Crippen molar-refractivity contribution in [3.8, 4) is 0 Å². The van der Waals surface area contributed by atoms with Gasteiger partial charge < -0.3 is 9.26 Å². The molecule has 0 atom stereocenters. The lowest BCUT2D eigenvalue weighted by molar-refractivity contribution is 0.134. The molecule has 0 aliphatic heterocycles. The summed E-state index contributed by atoms with van der Waals surface area (Å²) < 4.78 is 38.0. The molecule has 0 radical (unpaired) electrons. The summed E-state index contributed by atoms with van der Waals surface area (Å²) in [6.07, 6.45) is 0. The van der Waals surface area contributed by atoms with Crippen LogP contribution in [0.25, 0.3) is 0 Å². The molecule has 22 heavy (non-hydrogen) atoms. The predicted octanol–water partition coefficient (Wildman–Crippen LogP) is 0.887. The van der Waals surface area contributed by atoms with Gasteiger partial charge >= 0.3 is 0 Å². The minimum atomic E-state index is -3.73. The number of hydrogen-bond donors (Lipinski definition) is 1. The zero-order chi connectivity index (χ0) is 16.3. The molecule has 1 N–H and O–H groups in total. The van der Waals surface area contributed by atoms with Crippen LogP contribution in [0.1, 0.15) is 23.8 Å². The fraction of sp³-hybridized carbons (Fsp3) is 0.357. The van der Waals surface area contributed by atoms with E-state index in [9.17, 15) is 8.42 Å². The Labute approximate surface area is 131 Å². The molecule has 0 saturated heterocycles. The van der Waals surface area contributed by atoms with Crippen LogP contribution in [0.3, 0.4) is 0 Å². The van der Waals surface area contributed by atoms with Gasteiger partial charge in [0.2, 0.25) is 0 Å². The zero-order valence-corrected chi connectivity index (χ0v) is 14.0. The molecule has 0 bridgehead atoms. The smallest absolute Gasteiger partial charge is 0.262 e. The van der Waals surface area contributed by atoms with Crippen LogP contribution in [0.2, 0.25) is 0 Å². The topological polar surface area (TPSA) is 81.4 Å². The van der Waals surface area contributed by atoms with Gasteiger partial charge in [-0.25, -0.2) is 8.42 Å². The van der Waals surface area contributed by atoms with Gasteiger partial charge in [-0.3, -0.25) is 4.72 Å². The minimum Gasteiger partial charge on any atom is -0.377 e. The summed E-state index contributed by atoms with van der Waals surface area (Å²) >= 11 is 0. The molecule has 1 aromatic heterocycles. The molecule has 1 aromatic carbocycles. The molecule has 1 heterocycles. The lowest BCUT2D eigenvalue weighted by Crippen LogP contribution is -2.25. The van der Waals surface area contributed by atoms with Gasteiger partial charge in [0.25, 0.3) is 10.0 Å². The van der Waals surface area contributed by atoms with Crippen LogP contribution in [0.5, 0.6) is 0 Å². The molecule has 2 rings (SSSR count). The maximum atomic E-state index is 12.6. The van der Waals surface area contributed by atoms with Gasteiger partial charge in [-0.1, -0.05) is 22.8 Å². The highest BCUT2D eigenvalue weighted by atomic mass is 32.2. The predicted molar refractivity (Wildman–Crippen MR) is 86.7 cm³/mol. The Morgan fingerprint density at radius 3 is 2.68 bits per heavy atom. The number of ether oxygens (including phenoxy) is 1. The third-order valence-corrected chi connectivity index (χ3v) is 5.02. The SMILES string of the molecule is Bc1c(COCC)cccc1S(=O)(=O)Nc1noc(C)c1C. The van der Waals surface area contributed by atoms with Gasteiger partial charge in [0.15, 0.2) is 5.82 Å². The summed E-state index contributed by atoms with van der Waals surface area (Å²) in [5.41, 5.74) is 2.19. The first-order chi connectivity index (χ1) is 10.4. The Kier molecular flexibility index (Phi) is 4.92. The van der Waals surface area contributed by atoms with Crippen LogP contribution < -0.4 is 10.2 Å². The van der Waals surface area contributed by atoms with E-state index in [0.717, 1.165) is 5.56 Å². The zero-order valence-electron chi connectivity index (χ0n) is 13.1. The molecule has 0 unspecified atom stereocenters. The third kappa shape index (κ3) is 3.33. The summed E-state index contributed by atoms with van der Waals surface area (Å²) in [7, 11) is -1.96. The largest absolute Gasteiger partial charge is 0.377 e. The molecular weight excluding hydrogens is 303 g/mol. The van der Waals surface area contributed by atoms with Crippen LogP contribution in [-0.2, 0) is 21.4 Å². The molecule has 2 aromatic rings. The van der Waals surface area contributed by atoms with E-state index in [-0.39, 0.29) is 10.7 Å². The first-order valence-corrected chi connectivity index (χ1v) is 8.47. The van der Waals surface area contributed by atoms with E-state index in [0.29, 0.717) is 30.0 Å².